The Balaban J connectivity index is 0.000000180. The Hall–Kier alpha value is -8.82. The Morgan fingerprint density at radius 2 is 1.15 bits per heavy atom. The van der Waals surface area contributed by atoms with Crippen LogP contribution in [0.1, 0.15) is 60.9 Å². The predicted molar refractivity (Wildman–Crippen MR) is 296 cm³/mol. The van der Waals surface area contributed by atoms with Crippen LogP contribution >= 0.6 is 23.2 Å². The van der Waals surface area contributed by atoms with Crippen LogP contribution in [0.15, 0.2) is 159 Å². The number of aromatic nitrogens is 8. The van der Waals surface area contributed by atoms with Gasteiger partial charge in [-0.15, -0.1) is 10.2 Å². The first-order chi connectivity index (χ1) is 38.1. The first kappa shape index (κ1) is 53.6. The zero-order valence-corrected chi connectivity index (χ0v) is 43.9. The zero-order chi connectivity index (χ0) is 55.6. The average Bonchev–Trinajstić information content (AvgIpc) is 4.38. The standard InChI is InChI=1S/C30H25ClFN5O5.C27H23ClFN5O3/c1-2-34-27(17-42-16-18-6-4-3-5-7-18)33-36(30(34)39)20-10-11-22-23(12-20)24(19-8-9-19)15-35(29(22)38)28-25(31)13-21(37(40)41)14-26(28)32;1-2-32-24(16-37-15-17-6-4-3-5-7-17)31-34(27(32)36)20-8-9-21-18(12-20)10-11-33(26(21)35)25-22(28)13-19(30)14-23(25)29/h3-7,10-15,19H,2,8-9,16-17H2,1H3;3-14H,2,15-16,30H2,1H3. The van der Waals surface area contributed by atoms with E-state index in [9.17, 15) is 33.7 Å². The van der Waals surface area contributed by atoms with Gasteiger partial charge in [0.15, 0.2) is 23.3 Å². The largest absolute Gasteiger partial charge is 0.399 e. The van der Waals surface area contributed by atoms with Crippen LogP contribution in [0.5, 0.6) is 0 Å². The second-order valence-corrected chi connectivity index (χ2v) is 19.4. The highest BCUT2D eigenvalue weighted by molar-refractivity contribution is 6.33. The third-order valence-electron chi connectivity index (χ3n) is 13.4. The molecule has 10 aromatic rings. The molecular formula is C57H48Cl2F2N10O8. The highest BCUT2D eigenvalue weighted by Crippen LogP contribution is 2.43. The van der Waals surface area contributed by atoms with Crippen molar-refractivity contribution in [1.82, 2.24) is 37.8 Å². The lowest BCUT2D eigenvalue weighted by atomic mass is 10.0. The van der Waals surface area contributed by atoms with E-state index in [1.165, 1.54) is 26.2 Å². The highest BCUT2D eigenvalue weighted by Gasteiger charge is 2.29. The fraction of sp³-hybridized carbons (Fsp3) is 0.193. The number of hydrogen-bond acceptors (Lipinski definition) is 11. The summed E-state index contributed by atoms with van der Waals surface area (Å²) in [7, 11) is 0. The van der Waals surface area contributed by atoms with Gasteiger partial charge in [0.05, 0.1) is 45.6 Å². The van der Waals surface area contributed by atoms with Gasteiger partial charge in [-0.2, -0.15) is 9.36 Å². The van der Waals surface area contributed by atoms with E-state index >= 15 is 4.39 Å². The second-order valence-electron chi connectivity index (χ2n) is 18.5. The quantitative estimate of drug-likeness (QED) is 0.0546. The molecule has 0 spiro atoms. The molecule has 0 bridgehead atoms. The monoisotopic (exact) mass is 1110 g/mol. The molecule has 0 atom stereocenters. The molecular weight excluding hydrogens is 1060 g/mol. The minimum absolute atomic E-state index is 0.0224. The number of benzene rings is 6. The maximum absolute atomic E-state index is 15.1. The summed E-state index contributed by atoms with van der Waals surface area (Å²) in [6, 6.07) is 35.2. The number of fused-ring (bicyclic) bond motifs is 2. The number of anilines is 1. The first-order valence-corrected chi connectivity index (χ1v) is 25.7. The molecule has 4 heterocycles. The van der Waals surface area contributed by atoms with Crippen molar-refractivity contribution in [2.24, 2.45) is 0 Å². The molecule has 0 aliphatic heterocycles. The molecule has 402 valence electrons. The molecule has 1 fully saturated rings. The Morgan fingerprint density at radius 1 is 0.633 bits per heavy atom. The summed E-state index contributed by atoms with van der Waals surface area (Å²) in [6.07, 6.45) is 4.73. The van der Waals surface area contributed by atoms with Gasteiger partial charge in [-0.3, -0.25) is 38.0 Å². The molecule has 2 N–H and O–H groups in total. The van der Waals surface area contributed by atoms with Gasteiger partial charge in [-0.25, -0.2) is 18.4 Å². The van der Waals surface area contributed by atoms with Crippen molar-refractivity contribution in [2.75, 3.05) is 5.73 Å². The zero-order valence-electron chi connectivity index (χ0n) is 42.4. The average molecular weight is 1110 g/mol. The van der Waals surface area contributed by atoms with Crippen LogP contribution in [0.25, 0.3) is 44.3 Å². The molecule has 79 heavy (non-hydrogen) atoms. The number of rotatable bonds is 16. The van der Waals surface area contributed by atoms with Crippen LogP contribution in [-0.2, 0) is 49.0 Å². The maximum atomic E-state index is 15.1. The third kappa shape index (κ3) is 10.9. The van der Waals surface area contributed by atoms with E-state index in [0.717, 1.165) is 56.9 Å². The minimum atomic E-state index is -0.979. The van der Waals surface area contributed by atoms with Gasteiger partial charge in [0.1, 0.15) is 24.6 Å². The molecule has 1 aliphatic carbocycles. The van der Waals surface area contributed by atoms with E-state index in [2.05, 4.69) is 10.2 Å². The predicted octanol–water partition coefficient (Wildman–Crippen LogP) is 10.1. The third-order valence-corrected chi connectivity index (χ3v) is 13.9. The van der Waals surface area contributed by atoms with Crippen molar-refractivity contribution < 1.29 is 23.2 Å². The van der Waals surface area contributed by atoms with Crippen LogP contribution in [0.4, 0.5) is 20.2 Å². The Labute approximate surface area is 457 Å². The topological polar surface area (TPSA) is 211 Å². The molecule has 11 rings (SSSR count). The van der Waals surface area contributed by atoms with E-state index in [0.29, 0.717) is 70.9 Å². The number of hydrogen-bond donors (Lipinski definition) is 1. The molecule has 0 saturated heterocycles. The summed E-state index contributed by atoms with van der Waals surface area (Å²) in [5, 5.41) is 21.8. The summed E-state index contributed by atoms with van der Waals surface area (Å²) >= 11 is 12.4. The van der Waals surface area contributed by atoms with Gasteiger partial charge in [0, 0.05) is 48.0 Å². The number of nitro benzene ring substituents is 1. The highest BCUT2D eigenvalue weighted by atomic mass is 35.5. The Kier molecular flexibility index (Phi) is 15.4. The van der Waals surface area contributed by atoms with E-state index < -0.39 is 33.4 Å². The Bertz CT molecular complexity index is 4180. The molecule has 0 unspecified atom stereocenters. The van der Waals surface area contributed by atoms with E-state index in [1.807, 2.05) is 74.5 Å². The second kappa shape index (κ2) is 22.6. The molecule has 1 aliphatic rings. The van der Waals surface area contributed by atoms with Crippen LogP contribution in [0.2, 0.25) is 10.0 Å². The van der Waals surface area contributed by atoms with Crippen LogP contribution < -0.4 is 28.2 Å². The SMILES string of the molecule is CCn1c(COCc2ccccc2)nn(-c2ccc3c(=O)n(-c4c(F)cc(N)cc4Cl)ccc3c2)c1=O.CCn1c(COCc2ccccc2)nn(-c2ccc3c(=O)n(-c4c(F)cc([N+](=O)[O-])cc4Cl)cc(C4CC4)c3c2)c1=O. The van der Waals surface area contributed by atoms with Crippen LogP contribution in [-0.4, -0.2) is 42.8 Å². The molecule has 0 radical (unpaired) electrons. The lowest BCUT2D eigenvalue weighted by Gasteiger charge is -2.15. The molecule has 6 aromatic carbocycles. The summed E-state index contributed by atoms with van der Waals surface area (Å²) in [5.74, 6) is -0.595. The lowest BCUT2D eigenvalue weighted by Crippen LogP contribution is -2.24. The number of nitro groups is 1. The van der Waals surface area contributed by atoms with Gasteiger partial charge < -0.3 is 15.2 Å². The number of non-ortho nitro benzene ring substituents is 1. The van der Waals surface area contributed by atoms with Crippen molar-refractivity contribution in [3.63, 3.8) is 0 Å². The number of nitrogens with zero attached hydrogens (tertiary/aromatic N) is 9. The molecule has 0 amide bonds. The van der Waals surface area contributed by atoms with Crippen molar-refractivity contribution in [3.05, 3.63) is 242 Å². The van der Waals surface area contributed by atoms with Crippen molar-refractivity contribution in [2.45, 2.75) is 72.1 Å². The number of nitrogen functional groups attached to an aromatic ring is 1. The number of pyridine rings is 2. The minimum Gasteiger partial charge on any atom is -0.399 e. The van der Waals surface area contributed by atoms with Gasteiger partial charge in [0.25, 0.3) is 16.8 Å². The van der Waals surface area contributed by atoms with Crippen LogP contribution in [0.3, 0.4) is 0 Å². The fourth-order valence-corrected chi connectivity index (χ4v) is 9.95. The summed E-state index contributed by atoms with van der Waals surface area (Å²) in [4.78, 5) is 63.6. The number of halogens is 4. The van der Waals surface area contributed by atoms with Crippen molar-refractivity contribution in [1.29, 1.82) is 0 Å². The first-order valence-electron chi connectivity index (χ1n) is 25.0. The van der Waals surface area contributed by atoms with Gasteiger partial charge >= 0.3 is 11.4 Å². The fourth-order valence-electron chi connectivity index (χ4n) is 9.35. The van der Waals surface area contributed by atoms with Crippen molar-refractivity contribution >= 4 is 56.1 Å². The van der Waals surface area contributed by atoms with Gasteiger partial charge in [0.2, 0.25) is 0 Å². The number of ether oxygens (including phenoxy) is 2. The normalized spacial score (nSPS) is 12.3. The molecule has 18 nitrogen and oxygen atoms in total. The van der Waals surface area contributed by atoms with Crippen molar-refractivity contribution in [3.8, 4) is 22.7 Å². The molecule has 4 aromatic heterocycles. The smallest absolute Gasteiger partial charge is 0.350 e. The van der Waals surface area contributed by atoms with Gasteiger partial charge in [-0.05, 0) is 115 Å². The molecule has 22 heteroatoms. The van der Waals surface area contributed by atoms with E-state index in [1.54, 1.807) is 53.2 Å². The number of nitrogens with two attached hydrogens (primary N) is 1. The van der Waals surface area contributed by atoms with E-state index in [4.69, 9.17) is 38.4 Å². The maximum Gasteiger partial charge on any atom is 0.350 e. The van der Waals surface area contributed by atoms with Gasteiger partial charge in [-0.1, -0.05) is 83.9 Å². The lowest BCUT2D eigenvalue weighted by molar-refractivity contribution is -0.385. The molecule has 1 saturated carbocycles. The Morgan fingerprint density at radius 3 is 1.68 bits per heavy atom. The van der Waals surface area contributed by atoms with E-state index in [-0.39, 0.29) is 57.6 Å². The summed E-state index contributed by atoms with van der Waals surface area (Å²) in [6.45, 7) is 5.61. The summed E-state index contributed by atoms with van der Waals surface area (Å²) in [5.41, 5.74) is 7.07. The summed E-state index contributed by atoms with van der Waals surface area (Å²) < 4.78 is 49.2. The van der Waals surface area contributed by atoms with Crippen LogP contribution in [0, 0.1) is 21.7 Å².